The van der Waals surface area contributed by atoms with Gasteiger partial charge in [-0.05, 0) is 87.3 Å². The zero-order chi connectivity index (χ0) is 32.2. The van der Waals surface area contributed by atoms with E-state index in [1.807, 2.05) is 24.3 Å². The van der Waals surface area contributed by atoms with E-state index in [-0.39, 0.29) is 6.04 Å². The fourth-order valence-electron chi connectivity index (χ4n) is 7.24. The van der Waals surface area contributed by atoms with Gasteiger partial charge >= 0.3 is 6.01 Å². The first-order chi connectivity index (χ1) is 23.1. The molecule has 2 saturated heterocycles. The van der Waals surface area contributed by atoms with Gasteiger partial charge < -0.3 is 24.2 Å². The summed E-state index contributed by atoms with van der Waals surface area (Å²) < 4.78 is 11.6. The molecule has 9 heteroatoms. The molecule has 3 aromatic carbocycles. The van der Waals surface area contributed by atoms with Gasteiger partial charge in [-0.15, -0.1) is 0 Å². The van der Waals surface area contributed by atoms with Crippen LogP contribution in [0.2, 0.25) is 0 Å². The molecular weight excluding hydrogens is 586 g/mol. The molecule has 3 aliphatic rings. The smallest absolute Gasteiger partial charge is 0.318 e. The normalized spacial score (nSPS) is 18.6. The lowest BCUT2D eigenvalue weighted by molar-refractivity contribution is 0.187. The fourth-order valence-corrected chi connectivity index (χ4v) is 7.24. The molecule has 0 aliphatic carbocycles. The van der Waals surface area contributed by atoms with Crippen molar-refractivity contribution in [3.8, 4) is 11.8 Å². The number of aromatic nitrogens is 2. The third-order valence-corrected chi connectivity index (χ3v) is 10.0. The average molecular weight is 632 g/mol. The van der Waals surface area contributed by atoms with Crippen molar-refractivity contribution in [1.29, 1.82) is 0 Å². The lowest BCUT2D eigenvalue weighted by atomic mass is 9.99. The second kappa shape index (κ2) is 14.1. The minimum absolute atomic E-state index is 0.210. The maximum absolute atomic E-state index is 6.37. The first-order valence-electron chi connectivity index (χ1n) is 17.0. The summed E-state index contributed by atoms with van der Waals surface area (Å²) in [5.41, 5.74) is 6.02. The number of hydrogen-bond donors (Lipinski definition) is 0. The largest absolute Gasteiger partial charge is 0.497 e. The van der Waals surface area contributed by atoms with Crippen LogP contribution in [-0.2, 0) is 19.5 Å². The van der Waals surface area contributed by atoms with Crippen molar-refractivity contribution < 1.29 is 9.47 Å². The molecule has 244 valence electrons. The number of benzene rings is 3. The zero-order valence-electron chi connectivity index (χ0n) is 27.9. The van der Waals surface area contributed by atoms with Gasteiger partial charge in [0.1, 0.15) is 18.2 Å². The van der Waals surface area contributed by atoms with Crippen molar-refractivity contribution >= 4 is 28.3 Å². The number of anilines is 2. The first-order valence-corrected chi connectivity index (χ1v) is 17.0. The van der Waals surface area contributed by atoms with Crippen LogP contribution in [0.5, 0.6) is 11.8 Å². The Hall–Kier alpha value is -4.46. The second-order valence-corrected chi connectivity index (χ2v) is 13.1. The third-order valence-electron chi connectivity index (χ3n) is 10.0. The monoisotopic (exact) mass is 631 g/mol. The van der Waals surface area contributed by atoms with E-state index in [0.29, 0.717) is 25.2 Å². The Bertz CT molecular complexity index is 1760. The van der Waals surface area contributed by atoms with Crippen LogP contribution in [0.15, 0.2) is 70.6 Å². The predicted octanol–water partition coefficient (Wildman–Crippen LogP) is 6.33. The van der Waals surface area contributed by atoms with Crippen LogP contribution >= 0.6 is 0 Å². The molecule has 47 heavy (non-hydrogen) atoms. The average Bonchev–Trinajstić information content (AvgIpc) is 3.53. The molecule has 0 bridgehead atoms. The van der Waals surface area contributed by atoms with Gasteiger partial charge in [-0.2, -0.15) is 9.97 Å². The van der Waals surface area contributed by atoms with Gasteiger partial charge in [-0.25, -0.2) is 9.98 Å². The Balaban J connectivity index is 1.09. The van der Waals surface area contributed by atoms with E-state index in [1.54, 1.807) is 7.11 Å². The van der Waals surface area contributed by atoms with Crippen molar-refractivity contribution in [3.63, 3.8) is 0 Å². The van der Waals surface area contributed by atoms with E-state index < -0.39 is 0 Å². The summed E-state index contributed by atoms with van der Waals surface area (Å²) in [6, 6.07) is 25.2. The van der Waals surface area contributed by atoms with Gasteiger partial charge in [0.15, 0.2) is 0 Å². The highest BCUT2D eigenvalue weighted by Gasteiger charge is 2.29. The van der Waals surface area contributed by atoms with Gasteiger partial charge in [0.25, 0.3) is 0 Å². The molecule has 1 atom stereocenters. The molecule has 0 N–H and O–H groups in total. The van der Waals surface area contributed by atoms with Crippen molar-refractivity contribution in [1.82, 2.24) is 14.9 Å². The van der Waals surface area contributed by atoms with E-state index in [1.165, 1.54) is 34.0 Å². The van der Waals surface area contributed by atoms with E-state index in [4.69, 9.17) is 19.4 Å². The Morgan fingerprint density at radius 3 is 2.49 bits per heavy atom. The summed E-state index contributed by atoms with van der Waals surface area (Å²) in [5.74, 6) is 1.88. The fraction of sp³-hybridized carbons (Fsp3) is 0.447. The van der Waals surface area contributed by atoms with Crippen LogP contribution in [0.25, 0.3) is 10.8 Å². The standard InChI is InChI=1S/C38H45N7O2/c1-27-7-4-8-29-9-5-11-35(36(27)29)45-22-18-33-34(24-45)41-38(47-25-31-10-6-19-43(31)2)42-37(33)44-20-16-30(17-21-44)40-26-39-23-28-12-14-32(46-3)15-13-28/h4-5,7-9,11-15,30-31H,6,10,16-25H2,1-3H3/t31-/m0/s1. The van der Waals surface area contributed by atoms with Crippen LogP contribution < -0.4 is 19.3 Å². The quantitative estimate of drug-likeness (QED) is 0.200. The van der Waals surface area contributed by atoms with Gasteiger partial charge in [-0.3, -0.25) is 0 Å². The van der Waals surface area contributed by atoms with Gasteiger partial charge in [0, 0.05) is 42.3 Å². The van der Waals surface area contributed by atoms with Crippen molar-refractivity contribution in [3.05, 3.63) is 83.0 Å². The Labute approximate surface area is 278 Å². The SMILES string of the molecule is COc1ccc(CN=C=NC2CCN(c3nc(OC[C@@H]4CCCN4C)nc4c3CCN(c3cccc5cccc(C)c35)C4)CC2)cc1. The van der Waals surface area contributed by atoms with Gasteiger partial charge in [0.05, 0.1) is 37.9 Å². The maximum Gasteiger partial charge on any atom is 0.318 e. The summed E-state index contributed by atoms with van der Waals surface area (Å²) in [4.78, 5) is 26.6. The molecule has 0 saturated carbocycles. The minimum atomic E-state index is 0.210. The van der Waals surface area contributed by atoms with Crippen LogP contribution in [-0.4, -0.2) is 79.9 Å². The number of rotatable bonds is 9. The molecule has 3 aliphatic heterocycles. The molecule has 4 aromatic rings. The Kier molecular flexibility index (Phi) is 9.36. The predicted molar refractivity (Wildman–Crippen MR) is 188 cm³/mol. The molecule has 0 unspecified atom stereocenters. The lowest BCUT2D eigenvalue weighted by Gasteiger charge is -2.36. The van der Waals surface area contributed by atoms with Crippen LogP contribution in [0.1, 0.15) is 48.1 Å². The number of nitrogens with zero attached hydrogens (tertiary/aromatic N) is 7. The highest BCUT2D eigenvalue weighted by atomic mass is 16.5. The number of hydrogen-bond acceptors (Lipinski definition) is 9. The maximum atomic E-state index is 6.37. The summed E-state index contributed by atoms with van der Waals surface area (Å²) in [5, 5.41) is 2.60. The van der Waals surface area contributed by atoms with Crippen molar-refractivity contribution in [2.24, 2.45) is 9.98 Å². The highest BCUT2D eigenvalue weighted by molar-refractivity contribution is 5.97. The van der Waals surface area contributed by atoms with Crippen LogP contribution in [0, 0.1) is 6.92 Å². The second-order valence-electron chi connectivity index (χ2n) is 13.1. The molecule has 0 radical (unpaired) electrons. The van der Waals surface area contributed by atoms with Crippen molar-refractivity contribution in [2.45, 2.75) is 64.2 Å². The number of likely N-dealkylation sites (tertiary alicyclic amines) is 1. The van der Waals surface area contributed by atoms with E-state index in [2.05, 4.69) is 81.1 Å². The zero-order valence-corrected chi connectivity index (χ0v) is 27.9. The number of piperidine rings is 1. The van der Waals surface area contributed by atoms with Crippen LogP contribution in [0.3, 0.4) is 0 Å². The Morgan fingerprint density at radius 1 is 0.915 bits per heavy atom. The third kappa shape index (κ3) is 6.97. The van der Waals surface area contributed by atoms with Crippen LogP contribution in [0.4, 0.5) is 11.5 Å². The lowest BCUT2D eigenvalue weighted by Crippen LogP contribution is -2.39. The number of ether oxygens (including phenoxy) is 2. The number of fused-ring (bicyclic) bond motifs is 2. The van der Waals surface area contributed by atoms with Crippen molar-refractivity contribution in [2.75, 3.05) is 56.7 Å². The molecule has 0 amide bonds. The number of methoxy groups -OCH3 is 1. The molecule has 9 nitrogen and oxygen atoms in total. The molecule has 2 fully saturated rings. The highest BCUT2D eigenvalue weighted by Crippen LogP contribution is 2.36. The molecule has 7 rings (SSSR count). The molecule has 0 spiro atoms. The van der Waals surface area contributed by atoms with Gasteiger partial charge in [-0.1, -0.05) is 42.5 Å². The van der Waals surface area contributed by atoms with Gasteiger partial charge in [0.2, 0.25) is 0 Å². The number of aliphatic imine (C=N–C) groups is 2. The topological polar surface area (TPSA) is 78.7 Å². The minimum Gasteiger partial charge on any atom is -0.497 e. The van der Waals surface area contributed by atoms with E-state index in [9.17, 15) is 0 Å². The van der Waals surface area contributed by atoms with E-state index >= 15 is 0 Å². The summed E-state index contributed by atoms with van der Waals surface area (Å²) in [7, 11) is 3.86. The Morgan fingerprint density at radius 2 is 1.72 bits per heavy atom. The summed E-state index contributed by atoms with van der Waals surface area (Å²) in [6.07, 6.45) is 5.14. The van der Waals surface area contributed by atoms with E-state index in [0.717, 1.165) is 81.2 Å². The molecule has 1 aromatic heterocycles. The molecular formula is C38H45N7O2. The number of likely N-dealkylation sites (N-methyl/N-ethyl adjacent to an activating group) is 1. The number of aryl methyl sites for hydroxylation is 1. The molecule has 4 heterocycles. The summed E-state index contributed by atoms with van der Waals surface area (Å²) in [6.45, 7) is 7.94. The first kappa shape index (κ1) is 31.2. The summed E-state index contributed by atoms with van der Waals surface area (Å²) >= 11 is 0.